The van der Waals surface area contributed by atoms with Crippen LogP contribution in [0.25, 0.3) is 0 Å². The fourth-order valence-electron chi connectivity index (χ4n) is 3.51. The van der Waals surface area contributed by atoms with Crippen LogP contribution in [-0.4, -0.2) is 29.3 Å². The van der Waals surface area contributed by atoms with Crippen LogP contribution in [0.2, 0.25) is 0 Å². The topological polar surface area (TPSA) is 49.8 Å². The largest absolute Gasteiger partial charge is 0.405 e. The van der Waals surface area contributed by atoms with E-state index in [2.05, 4.69) is 41.5 Å². The molecule has 0 aliphatic rings. The van der Waals surface area contributed by atoms with Crippen LogP contribution < -0.4 is 0 Å². The molecule has 5 heteroatoms. The molecule has 0 saturated carbocycles. The van der Waals surface area contributed by atoms with Gasteiger partial charge < -0.3 is 4.89 Å². The Balaban J connectivity index is 4.35. The van der Waals surface area contributed by atoms with Crippen molar-refractivity contribution >= 4 is 7.75 Å². The summed E-state index contributed by atoms with van der Waals surface area (Å²) in [4.78, 5) is 10.6. The summed E-state index contributed by atoms with van der Waals surface area (Å²) >= 11 is 0. The minimum atomic E-state index is -3.67. The standard InChI is InChI=1S/C24H52NO3P/c1-22(2)16-10-7-13-19-25(20-14-8-11-17-23(3)4)29(26,27)28-21-15-9-12-18-24(5)6/h22-24H,7-21H2,1-6H3,(H,26,27). The number of hydrogen-bond acceptors (Lipinski definition) is 2. The predicted molar refractivity (Wildman–Crippen MR) is 127 cm³/mol. The van der Waals surface area contributed by atoms with Crippen molar-refractivity contribution in [3.05, 3.63) is 0 Å². The highest BCUT2D eigenvalue weighted by Crippen LogP contribution is 2.46. The van der Waals surface area contributed by atoms with Crippen LogP contribution in [0.5, 0.6) is 0 Å². The molecule has 0 amide bonds. The lowest BCUT2D eigenvalue weighted by Crippen LogP contribution is -2.24. The van der Waals surface area contributed by atoms with Crippen molar-refractivity contribution in [1.82, 2.24) is 4.67 Å². The van der Waals surface area contributed by atoms with Gasteiger partial charge in [-0.05, 0) is 37.0 Å². The summed E-state index contributed by atoms with van der Waals surface area (Å²) in [5.41, 5.74) is 0. The summed E-state index contributed by atoms with van der Waals surface area (Å²) < 4.78 is 20.1. The minimum absolute atomic E-state index is 0.392. The number of unbranched alkanes of at least 4 members (excludes halogenated alkanes) is 6. The number of hydrogen-bond donors (Lipinski definition) is 1. The average Bonchev–Trinajstić information content (AvgIpc) is 2.61. The Kier molecular flexibility index (Phi) is 17.8. The molecular formula is C24H52NO3P. The van der Waals surface area contributed by atoms with E-state index < -0.39 is 7.75 Å². The Hall–Kier alpha value is 0.110. The van der Waals surface area contributed by atoms with Gasteiger partial charge >= 0.3 is 7.75 Å². The minimum Gasteiger partial charge on any atom is -0.312 e. The van der Waals surface area contributed by atoms with E-state index in [0.717, 1.165) is 56.3 Å². The van der Waals surface area contributed by atoms with Gasteiger partial charge in [0.1, 0.15) is 0 Å². The van der Waals surface area contributed by atoms with Crippen molar-refractivity contribution < 1.29 is 14.0 Å². The Labute approximate surface area is 182 Å². The lowest BCUT2D eigenvalue weighted by molar-refractivity contribution is 0.193. The van der Waals surface area contributed by atoms with Gasteiger partial charge in [0.2, 0.25) is 0 Å². The van der Waals surface area contributed by atoms with E-state index in [1.54, 1.807) is 4.67 Å². The predicted octanol–water partition coefficient (Wildman–Crippen LogP) is 8.05. The molecule has 0 saturated heterocycles. The zero-order chi connectivity index (χ0) is 22.1. The van der Waals surface area contributed by atoms with Crippen molar-refractivity contribution in [3.63, 3.8) is 0 Å². The molecule has 1 atom stereocenters. The molecule has 1 unspecified atom stereocenters. The molecule has 29 heavy (non-hydrogen) atoms. The van der Waals surface area contributed by atoms with Gasteiger partial charge in [-0.15, -0.1) is 0 Å². The molecule has 0 aromatic heterocycles. The van der Waals surface area contributed by atoms with Crippen molar-refractivity contribution in [2.75, 3.05) is 19.7 Å². The van der Waals surface area contributed by atoms with Crippen LogP contribution in [0.15, 0.2) is 0 Å². The Morgan fingerprint density at radius 1 is 0.655 bits per heavy atom. The third-order valence-corrected chi connectivity index (χ3v) is 7.07. The first-order chi connectivity index (χ1) is 13.6. The Bertz CT molecular complexity index is 395. The zero-order valence-electron chi connectivity index (χ0n) is 20.5. The first kappa shape index (κ1) is 29.1. The summed E-state index contributed by atoms with van der Waals surface area (Å²) in [5, 5.41) is 0. The van der Waals surface area contributed by atoms with Crippen molar-refractivity contribution in [3.8, 4) is 0 Å². The van der Waals surface area contributed by atoms with Gasteiger partial charge in [-0.25, -0.2) is 9.24 Å². The second kappa shape index (κ2) is 17.8. The van der Waals surface area contributed by atoms with Crippen LogP contribution in [0.3, 0.4) is 0 Å². The molecule has 0 aliphatic heterocycles. The maximum atomic E-state index is 12.9. The van der Waals surface area contributed by atoms with Gasteiger partial charge in [-0.2, -0.15) is 0 Å². The third-order valence-electron chi connectivity index (χ3n) is 5.44. The lowest BCUT2D eigenvalue weighted by atomic mass is 10.1. The smallest absolute Gasteiger partial charge is 0.312 e. The fraction of sp³-hybridized carbons (Fsp3) is 1.00. The molecular weight excluding hydrogens is 381 g/mol. The van der Waals surface area contributed by atoms with Crippen LogP contribution in [0.4, 0.5) is 0 Å². The first-order valence-corrected chi connectivity index (χ1v) is 13.9. The van der Waals surface area contributed by atoms with E-state index >= 15 is 0 Å². The summed E-state index contributed by atoms with van der Waals surface area (Å²) in [6.07, 6.45) is 13.4. The molecule has 0 aliphatic carbocycles. The fourth-order valence-corrected chi connectivity index (χ4v) is 4.83. The van der Waals surface area contributed by atoms with Crippen molar-refractivity contribution in [2.45, 2.75) is 119 Å². The van der Waals surface area contributed by atoms with Crippen molar-refractivity contribution in [1.29, 1.82) is 0 Å². The quantitative estimate of drug-likeness (QED) is 0.156. The second-order valence-electron chi connectivity index (χ2n) is 10.0. The van der Waals surface area contributed by atoms with E-state index in [-0.39, 0.29) is 0 Å². The highest BCUT2D eigenvalue weighted by Gasteiger charge is 2.28. The summed E-state index contributed by atoms with van der Waals surface area (Å²) in [6, 6.07) is 0. The molecule has 0 radical (unpaired) electrons. The van der Waals surface area contributed by atoms with Crippen LogP contribution in [-0.2, 0) is 9.09 Å². The van der Waals surface area contributed by atoms with Crippen LogP contribution in [0, 0.1) is 17.8 Å². The van der Waals surface area contributed by atoms with Gasteiger partial charge in [-0.3, -0.25) is 4.52 Å². The number of rotatable bonds is 20. The molecule has 1 N–H and O–H groups in total. The first-order valence-electron chi connectivity index (χ1n) is 12.4. The normalized spacial score (nSPS) is 14.4. The third kappa shape index (κ3) is 18.6. The maximum Gasteiger partial charge on any atom is 0.405 e. The van der Waals surface area contributed by atoms with Gasteiger partial charge in [0.15, 0.2) is 0 Å². The molecule has 0 spiro atoms. The molecule has 0 bridgehead atoms. The van der Waals surface area contributed by atoms with Gasteiger partial charge in [0, 0.05) is 13.1 Å². The van der Waals surface area contributed by atoms with Crippen LogP contribution in [0.1, 0.15) is 119 Å². The SMILES string of the molecule is CC(C)CCCCCOP(=O)(O)N(CCCCCC(C)C)CCCCCC(C)C. The second-order valence-corrected chi connectivity index (χ2v) is 11.8. The van der Waals surface area contributed by atoms with E-state index in [1.165, 1.54) is 38.5 Å². The summed E-state index contributed by atoms with van der Waals surface area (Å²) in [5.74, 6) is 2.19. The zero-order valence-corrected chi connectivity index (χ0v) is 21.4. The van der Waals surface area contributed by atoms with E-state index in [9.17, 15) is 9.46 Å². The molecule has 0 aromatic carbocycles. The highest BCUT2D eigenvalue weighted by molar-refractivity contribution is 7.50. The van der Waals surface area contributed by atoms with Crippen LogP contribution >= 0.6 is 7.75 Å². The van der Waals surface area contributed by atoms with Gasteiger partial charge in [0.05, 0.1) is 6.61 Å². The molecule has 0 fully saturated rings. The maximum absolute atomic E-state index is 12.9. The van der Waals surface area contributed by atoms with Crippen molar-refractivity contribution in [2.24, 2.45) is 17.8 Å². The number of nitrogens with zero attached hydrogens (tertiary/aromatic N) is 1. The average molecular weight is 434 g/mol. The summed E-state index contributed by atoms with van der Waals surface area (Å²) in [7, 11) is -3.67. The summed E-state index contributed by atoms with van der Waals surface area (Å²) in [6.45, 7) is 15.2. The van der Waals surface area contributed by atoms with E-state index in [0.29, 0.717) is 19.7 Å². The Morgan fingerprint density at radius 2 is 1.03 bits per heavy atom. The lowest BCUT2D eigenvalue weighted by Gasteiger charge is -2.27. The monoisotopic (exact) mass is 433 g/mol. The van der Waals surface area contributed by atoms with E-state index in [1.807, 2.05) is 0 Å². The van der Waals surface area contributed by atoms with Gasteiger partial charge in [-0.1, -0.05) is 99.3 Å². The molecule has 0 aromatic rings. The van der Waals surface area contributed by atoms with E-state index in [4.69, 9.17) is 4.52 Å². The Morgan fingerprint density at radius 3 is 1.41 bits per heavy atom. The molecule has 0 heterocycles. The molecule has 0 rings (SSSR count). The highest BCUT2D eigenvalue weighted by atomic mass is 31.2. The van der Waals surface area contributed by atoms with Gasteiger partial charge in [0.25, 0.3) is 0 Å². The molecule has 4 nitrogen and oxygen atoms in total. The molecule has 176 valence electrons.